The van der Waals surface area contributed by atoms with E-state index < -0.39 is 18.1 Å². The van der Waals surface area contributed by atoms with E-state index in [-0.39, 0.29) is 29.7 Å². The number of likely N-dealkylation sites (tertiary alicyclic amines) is 1. The highest BCUT2D eigenvalue weighted by molar-refractivity contribution is 5.93. The predicted octanol–water partition coefficient (Wildman–Crippen LogP) is 6.13. The molecule has 0 spiro atoms. The highest BCUT2D eigenvalue weighted by Crippen LogP contribution is 2.39. The van der Waals surface area contributed by atoms with Crippen molar-refractivity contribution in [3.05, 3.63) is 82.9 Å². The first kappa shape index (κ1) is 33.0. The van der Waals surface area contributed by atoms with Crippen molar-refractivity contribution < 1.29 is 14.4 Å². The molecule has 47 heavy (non-hydrogen) atoms. The van der Waals surface area contributed by atoms with Crippen molar-refractivity contribution in [1.82, 2.24) is 20.9 Å². The topological polar surface area (TPSA) is 90.5 Å². The average molecular weight is 635 g/mol. The molecule has 3 aromatic rings. The van der Waals surface area contributed by atoms with Gasteiger partial charge < -0.3 is 20.9 Å². The molecule has 0 radical (unpaired) electrons. The van der Waals surface area contributed by atoms with Crippen molar-refractivity contribution in [3.8, 4) is 22.3 Å². The van der Waals surface area contributed by atoms with Crippen LogP contribution in [-0.4, -0.2) is 54.3 Å². The molecule has 3 N–H and O–H groups in total. The summed E-state index contributed by atoms with van der Waals surface area (Å²) in [6.07, 6.45) is 9.04. The van der Waals surface area contributed by atoms with Crippen LogP contribution >= 0.6 is 0 Å². The van der Waals surface area contributed by atoms with Gasteiger partial charge in [0, 0.05) is 6.54 Å². The molecular weight excluding hydrogens is 584 g/mol. The van der Waals surface area contributed by atoms with Gasteiger partial charge in [0.05, 0.1) is 12.1 Å². The van der Waals surface area contributed by atoms with Crippen LogP contribution in [0.15, 0.2) is 60.7 Å². The Labute approximate surface area is 279 Å². The van der Waals surface area contributed by atoms with E-state index in [0.29, 0.717) is 13.0 Å². The summed E-state index contributed by atoms with van der Waals surface area (Å²) in [7, 11) is 1.72. The molecule has 0 aromatic heterocycles. The molecule has 1 saturated heterocycles. The van der Waals surface area contributed by atoms with Gasteiger partial charge in [-0.1, -0.05) is 68.4 Å². The van der Waals surface area contributed by atoms with Crippen molar-refractivity contribution in [3.63, 3.8) is 0 Å². The zero-order valence-electron chi connectivity index (χ0n) is 28.4. The normalized spacial score (nSPS) is 20.2. The van der Waals surface area contributed by atoms with Crippen LogP contribution in [0.3, 0.4) is 0 Å². The fraction of sp³-hybridized carbons (Fsp3) is 0.475. The number of nitrogens with zero attached hydrogens (tertiary/aromatic N) is 1. The summed E-state index contributed by atoms with van der Waals surface area (Å²) in [6, 6.07) is 20.5. The Bertz CT molecular complexity index is 1630. The maximum atomic E-state index is 13.9. The molecule has 2 aliphatic carbocycles. The molecule has 3 aromatic carbocycles. The minimum absolute atomic E-state index is 0.103. The first-order valence-electron chi connectivity index (χ1n) is 17.7. The van der Waals surface area contributed by atoms with Gasteiger partial charge in [-0.15, -0.1) is 0 Å². The lowest BCUT2D eigenvalue weighted by molar-refractivity contribution is -0.142. The molecule has 6 rings (SSSR count). The third kappa shape index (κ3) is 6.87. The molecule has 4 atom stereocenters. The Morgan fingerprint density at radius 2 is 1.47 bits per heavy atom. The fourth-order valence-electron chi connectivity index (χ4n) is 7.85. The maximum Gasteiger partial charge on any atom is 0.246 e. The number of carbonyl (C=O) groups excluding carboxylic acids is 3. The van der Waals surface area contributed by atoms with Gasteiger partial charge >= 0.3 is 0 Å². The summed E-state index contributed by atoms with van der Waals surface area (Å²) in [5.41, 5.74) is 10.5. The van der Waals surface area contributed by atoms with E-state index in [0.717, 1.165) is 32.1 Å². The molecule has 1 fully saturated rings. The molecule has 1 aliphatic heterocycles. The number of hydrogen-bond donors (Lipinski definition) is 3. The van der Waals surface area contributed by atoms with E-state index in [4.69, 9.17) is 0 Å². The van der Waals surface area contributed by atoms with Crippen molar-refractivity contribution in [1.29, 1.82) is 0 Å². The van der Waals surface area contributed by atoms with Gasteiger partial charge in [0.1, 0.15) is 12.1 Å². The quantitative estimate of drug-likeness (QED) is 0.264. The highest BCUT2D eigenvalue weighted by Gasteiger charge is 2.40. The number of hydrogen-bond acceptors (Lipinski definition) is 4. The molecule has 0 unspecified atom stereocenters. The third-order valence-corrected chi connectivity index (χ3v) is 10.6. The Hall–Kier alpha value is -3.97. The lowest BCUT2D eigenvalue weighted by Crippen LogP contribution is -2.57. The molecule has 3 aliphatic rings. The van der Waals surface area contributed by atoms with Crippen LogP contribution in [0.2, 0.25) is 0 Å². The molecular formula is C40H50N4O3. The third-order valence-electron chi connectivity index (χ3n) is 10.6. The number of amides is 3. The summed E-state index contributed by atoms with van der Waals surface area (Å²) in [6.45, 7) is 6.14. The number of likely N-dealkylation sites (N-methyl/N-ethyl adjacent to an activating group) is 1. The monoisotopic (exact) mass is 634 g/mol. The van der Waals surface area contributed by atoms with Crippen LogP contribution in [0.5, 0.6) is 0 Å². The second kappa shape index (κ2) is 14.4. The van der Waals surface area contributed by atoms with Crippen LogP contribution in [0, 0.1) is 5.92 Å². The van der Waals surface area contributed by atoms with Gasteiger partial charge in [-0.3, -0.25) is 14.4 Å². The first-order chi connectivity index (χ1) is 22.8. The van der Waals surface area contributed by atoms with Crippen molar-refractivity contribution in [2.24, 2.45) is 5.92 Å². The van der Waals surface area contributed by atoms with Gasteiger partial charge in [-0.25, -0.2) is 0 Å². The van der Waals surface area contributed by atoms with Gasteiger partial charge in [0.15, 0.2) is 0 Å². The largest absolute Gasteiger partial charge is 0.347 e. The van der Waals surface area contributed by atoms with Gasteiger partial charge in [-0.05, 0) is 128 Å². The summed E-state index contributed by atoms with van der Waals surface area (Å²) in [5, 5.41) is 9.21. The highest BCUT2D eigenvalue weighted by atomic mass is 16.2. The van der Waals surface area contributed by atoms with Gasteiger partial charge in [0.25, 0.3) is 0 Å². The molecule has 3 amide bonds. The van der Waals surface area contributed by atoms with E-state index in [1.807, 2.05) is 13.8 Å². The molecule has 0 bridgehead atoms. The summed E-state index contributed by atoms with van der Waals surface area (Å²) in [5.74, 6) is -0.607. The standard InChI is InChI=1S/C40H50N4O3/c1-25(2)37(43-38(45)26(3)41-4)40(47)44-23-11-22-36(44)39(46)42-35-21-10-19-33-32(18-9-20-34(33)35)29-15-7-14-28(24-29)31-17-8-13-27-12-5-6-16-30(27)31/h7-9,13-15,17-18,20,24-26,35-37,41H,5-6,10-12,16,19,21-23H2,1-4H3,(H,42,46)(H,43,45)/t26-,35+,36-,37-/m0/s1. The smallest absolute Gasteiger partial charge is 0.246 e. The van der Waals surface area contributed by atoms with Crippen LogP contribution in [0.4, 0.5) is 0 Å². The summed E-state index contributed by atoms with van der Waals surface area (Å²) < 4.78 is 0. The number of benzene rings is 3. The molecule has 1 heterocycles. The van der Waals surface area contributed by atoms with Crippen molar-refractivity contribution in [2.75, 3.05) is 13.6 Å². The molecule has 248 valence electrons. The second-order valence-corrected chi connectivity index (χ2v) is 14.0. The Balaban J connectivity index is 1.21. The van der Waals surface area contributed by atoms with Crippen molar-refractivity contribution in [2.45, 2.75) is 103 Å². The number of rotatable bonds is 9. The van der Waals surface area contributed by atoms with Crippen LogP contribution in [-0.2, 0) is 33.6 Å². The number of aryl methyl sites for hydroxylation is 1. The van der Waals surface area contributed by atoms with Crippen LogP contribution < -0.4 is 16.0 Å². The predicted molar refractivity (Wildman–Crippen MR) is 188 cm³/mol. The van der Waals surface area contributed by atoms with Gasteiger partial charge in [0.2, 0.25) is 17.7 Å². The van der Waals surface area contributed by atoms with E-state index in [9.17, 15) is 14.4 Å². The second-order valence-electron chi connectivity index (χ2n) is 14.0. The Kier molecular flexibility index (Phi) is 10.1. The number of fused-ring (bicyclic) bond motifs is 2. The van der Waals surface area contributed by atoms with Crippen LogP contribution in [0.25, 0.3) is 22.3 Å². The van der Waals surface area contributed by atoms with Crippen LogP contribution in [0.1, 0.15) is 87.6 Å². The van der Waals surface area contributed by atoms with E-state index in [1.165, 1.54) is 63.8 Å². The maximum absolute atomic E-state index is 13.9. The zero-order chi connectivity index (χ0) is 33.1. The zero-order valence-corrected chi connectivity index (χ0v) is 28.4. The lowest BCUT2D eigenvalue weighted by atomic mass is 9.82. The van der Waals surface area contributed by atoms with E-state index in [1.54, 1.807) is 18.9 Å². The minimum Gasteiger partial charge on any atom is -0.347 e. The molecule has 7 heteroatoms. The number of carbonyl (C=O) groups is 3. The van der Waals surface area contributed by atoms with E-state index >= 15 is 0 Å². The molecule has 7 nitrogen and oxygen atoms in total. The summed E-state index contributed by atoms with van der Waals surface area (Å²) >= 11 is 0. The van der Waals surface area contributed by atoms with Crippen molar-refractivity contribution >= 4 is 17.7 Å². The lowest BCUT2D eigenvalue weighted by Gasteiger charge is -2.33. The minimum atomic E-state index is -0.679. The Morgan fingerprint density at radius 3 is 2.21 bits per heavy atom. The first-order valence-corrected chi connectivity index (χ1v) is 17.7. The SMILES string of the molecule is CN[C@@H](C)C(=O)N[C@H](C(=O)N1CCC[C@H]1C(=O)N[C@@H]1CCCc2c(-c3cccc(-c4cccc5c4CCCC5)c3)cccc21)C(C)C. The average Bonchev–Trinajstić information content (AvgIpc) is 3.60. The fourth-order valence-corrected chi connectivity index (χ4v) is 7.85. The van der Waals surface area contributed by atoms with E-state index in [2.05, 4.69) is 76.6 Å². The van der Waals surface area contributed by atoms with Gasteiger partial charge in [-0.2, -0.15) is 0 Å². The Morgan fingerprint density at radius 1 is 0.787 bits per heavy atom. The molecule has 0 saturated carbocycles. The summed E-state index contributed by atoms with van der Waals surface area (Å²) in [4.78, 5) is 42.0. The number of nitrogens with one attached hydrogen (secondary N) is 3.